The van der Waals surface area contributed by atoms with E-state index in [-0.39, 0.29) is 5.91 Å². The standard InChI is InChI=1S/C10H13NO/c1-11-10(12)8-4-7-9-5-2-3-6-9/h2-5,8H,6-7H2,1H3,(H,11,12)/b8-4+. The Morgan fingerprint density at radius 3 is 3.17 bits per heavy atom. The minimum Gasteiger partial charge on any atom is -0.356 e. The van der Waals surface area contributed by atoms with E-state index in [4.69, 9.17) is 0 Å². The third-order valence-corrected chi connectivity index (χ3v) is 1.74. The SMILES string of the molecule is CNC(=O)/C=C/CC1=CC=CC1. The minimum atomic E-state index is -0.0402. The van der Waals surface area contributed by atoms with E-state index in [1.807, 2.05) is 12.2 Å². The largest absolute Gasteiger partial charge is 0.356 e. The lowest BCUT2D eigenvalue weighted by atomic mass is 10.1. The van der Waals surface area contributed by atoms with Gasteiger partial charge in [0.25, 0.3) is 0 Å². The summed E-state index contributed by atoms with van der Waals surface area (Å²) in [4.78, 5) is 10.8. The molecule has 0 unspecified atom stereocenters. The molecule has 0 spiro atoms. The van der Waals surface area contributed by atoms with Crippen molar-refractivity contribution in [2.45, 2.75) is 12.8 Å². The molecule has 0 aromatic rings. The molecule has 12 heavy (non-hydrogen) atoms. The van der Waals surface area contributed by atoms with Crippen LogP contribution in [-0.4, -0.2) is 13.0 Å². The molecular weight excluding hydrogens is 150 g/mol. The number of amides is 1. The summed E-state index contributed by atoms with van der Waals surface area (Å²) in [5.74, 6) is -0.0402. The fraction of sp³-hybridized carbons (Fsp3) is 0.300. The Morgan fingerprint density at radius 1 is 1.75 bits per heavy atom. The first-order valence-electron chi connectivity index (χ1n) is 4.06. The van der Waals surface area contributed by atoms with E-state index in [1.54, 1.807) is 13.1 Å². The highest BCUT2D eigenvalue weighted by Gasteiger charge is 1.95. The van der Waals surface area contributed by atoms with E-state index in [0.29, 0.717) is 0 Å². The first-order valence-corrected chi connectivity index (χ1v) is 4.06. The molecule has 0 atom stereocenters. The van der Waals surface area contributed by atoms with Crippen molar-refractivity contribution >= 4 is 5.91 Å². The summed E-state index contributed by atoms with van der Waals surface area (Å²) in [6.45, 7) is 0. The Kier molecular flexibility index (Phi) is 3.33. The van der Waals surface area contributed by atoms with Crippen molar-refractivity contribution in [1.82, 2.24) is 5.32 Å². The van der Waals surface area contributed by atoms with Gasteiger partial charge in [-0.15, -0.1) is 0 Å². The Labute approximate surface area is 72.7 Å². The molecule has 0 saturated carbocycles. The molecule has 1 aliphatic carbocycles. The molecule has 1 rings (SSSR count). The predicted molar refractivity (Wildman–Crippen MR) is 49.7 cm³/mol. The van der Waals surface area contributed by atoms with Crippen LogP contribution in [0, 0.1) is 0 Å². The quantitative estimate of drug-likeness (QED) is 0.628. The molecule has 2 heteroatoms. The number of nitrogens with one attached hydrogen (secondary N) is 1. The summed E-state index contributed by atoms with van der Waals surface area (Å²) in [5.41, 5.74) is 1.36. The third-order valence-electron chi connectivity index (χ3n) is 1.74. The molecule has 0 aliphatic heterocycles. The zero-order chi connectivity index (χ0) is 8.81. The first-order chi connectivity index (χ1) is 5.83. The van der Waals surface area contributed by atoms with E-state index in [0.717, 1.165) is 12.8 Å². The average Bonchev–Trinajstić information content (AvgIpc) is 2.57. The lowest BCUT2D eigenvalue weighted by Gasteiger charge is -1.93. The van der Waals surface area contributed by atoms with Crippen LogP contribution in [0.25, 0.3) is 0 Å². The van der Waals surface area contributed by atoms with Crippen molar-refractivity contribution in [2.75, 3.05) is 7.05 Å². The van der Waals surface area contributed by atoms with Gasteiger partial charge < -0.3 is 5.32 Å². The molecule has 1 aliphatic rings. The number of carbonyl (C=O) groups is 1. The van der Waals surface area contributed by atoms with Crippen molar-refractivity contribution in [3.8, 4) is 0 Å². The molecule has 0 fully saturated rings. The van der Waals surface area contributed by atoms with E-state index < -0.39 is 0 Å². The van der Waals surface area contributed by atoms with Gasteiger partial charge in [0.05, 0.1) is 0 Å². The van der Waals surface area contributed by atoms with Crippen LogP contribution in [0.4, 0.5) is 0 Å². The fourth-order valence-corrected chi connectivity index (χ4v) is 1.04. The Morgan fingerprint density at radius 2 is 2.58 bits per heavy atom. The predicted octanol–water partition coefficient (Wildman–Crippen LogP) is 1.56. The number of hydrogen-bond acceptors (Lipinski definition) is 1. The van der Waals surface area contributed by atoms with Crippen LogP contribution in [-0.2, 0) is 4.79 Å². The maximum absolute atomic E-state index is 10.8. The molecule has 0 heterocycles. The molecule has 1 N–H and O–H groups in total. The highest BCUT2D eigenvalue weighted by atomic mass is 16.1. The summed E-state index contributed by atoms with van der Waals surface area (Å²) in [5, 5.41) is 2.53. The van der Waals surface area contributed by atoms with Gasteiger partial charge in [-0.1, -0.05) is 29.9 Å². The van der Waals surface area contributed by atoms with Crippen molar-refractivity contribution in [1.29, 1.82) is 0 Å². The molecule has 0 aromatic carbocycles. The van der Waals surface area contributed by atoms with Crippen LogP contribution in [0.5, 0.6) is 0 Å². The highest BCUT2D eigenvalue weighted by Crippen LogP contribution is 2.14. The summed E-state index contributed by atoms with van der Waals surface area (Å²) >= 11 is 0. The van der Waals surface area contributed by atoms with E-state index in [1.165, 1.54) is 5.57 Å². The number of rotatable bonds is 3. The monoisotopic (exact) mass is 163 g/mol. The summed E-state index contributed by atoms with van der Waals surface area (Å²) in [6, 6.07) is 0. The molecule has 0 radical (unpaired) electrons. The molecule has 0 bridgehead atoms. The normalized spacial score (nSPS) is 15.2. The maximum Gasteiger partial charge on any atom is 0.243 e. The first kappa shape index (κ1) is 8.78. The number of likely N-dealkylation sites (N-methyl/N-ethyl adjacent to an activating group) is 1. The van der Waals surface area contributed by atoms with E-state index in [9.17, 15) is 4.79 Å². The van der Waals surface area contributed by atoms with Gasteiger partial charge in [0.1, 0.15) is 0 Å². The van der Waals surface area contributed by atoms with Crippen molar-refractivity contribution < 1.29 is 4.79 Å². The van der Waals surface area contributed by atoms with Gasteiger partial charge >= 0.3 is 0 Å². The lowest BCUT2D eigenvalue weighted by molar-refractivity contribution is -0.116. The molecular formula is C10H13NO. The molecule has 1 amide bonds. The number of hydrogen-bond donors (Lipinski definition) is 1. The fourth-order valence-electron chi connectivity index (χ4n) is 1.04. The Balaban J connectivity index is 2.25. The molecule has 0 saturated heterocycles. The van der Waals surface area contributed by atoms with Crippen molar-refractivity contribution in [3.63, 3.8) is 0 Å². The van der Waals surface area contributed by atoms with Gasteiger partial charge in [-0.25, -0.2) is 0 Å². The molecule has 0 aromatic heterocycles. The topological polar surface area (TPSA) is 29.1 Å². The average molecular weight is 163 g/mol. The number of carbonyl (C=O) groups excluding carboxylic acids is 1. The summed E-state index contributed by atoms with van der Waals surface area (Å²) < 4.78 is 0. The van der Waals surface area contributed by atoms with Crippen LogP contribution in [0.2, 0.25) is 0 Å². The maximum atomic E-state index is 10.8. The van der Waals surface area contributed by atoms with Crippen molar-refractivity contribution in [3.05, 3.63) is 36.0 Å². The van der Waals surface area contributed by atoms with Gasteiger partial charge in [-0.05, 0) is 18.9 Å². The smallest absolute Gasteiger partial charge is 0.243 e. The Hall–Kier alpha value is -1.31. The molecule has 64 valence electrons. The summed E-state index contributed by atoms with van der Waals surface area (Å²) in [6.07, 6.45) is 11.6. The number of allylic oxidation sites excluding steroid dienone is 5. The van der Waals surface area contributed by atoms with Gasteiger partial charge in [-0.2, -0.15) is 0 Å². The van der Waals surface area contributed by atoms with Crippen LogP contribution < -0.4 is 5.32 Å². The second kappa shape index (κ2) is 4.54. The van der Waals surface area contributed by atoms with Crippen LogP contribution in [0.1, 0.15) is 12.8 Å². The summed E-state index contributed by atoms with van der Waals surface area (Å²) in [7, 11) is 1.63. The minimum absolute atomic E-state index is 0.0402. The second-order valence-corrected chi connectivity index (χ2v) is 2.68. The van der Waals surface area contributed by atoms with E-state index in [2.05, 4.69) is 17.5 Å². The van der Waals surface area contributed by atoms with Gasteiger partial charge in [0, 0.05) is 7.05 Å². The zero-order valence-electron chi connectivity index (χ0n) is 7.21. The van der Waals surface area contributed by atoms with Gasteiger partial charge in [-0.3, -0.25) is 4.79 Å². The van der Waals surface area contributed by atoms with Gasteiger partial charge in [0.2, 0.25) is 5.91 Å². The lowest BCUT2D eigenvalue weighted by Crippen LogP contribution is -2.13. The van der Waals surface area contributed by atoms with Gasteiger partial charge in [0.15, 0.2) is 0 Å². The Bertz CT molecular complexity index is 249. The second-order valence-electron chi connectivity index (χ2n) is 2.68. The third kappa shape index (κ3) is 2.74. The van der Waals surface area contributed by atoms with Crippen molar-refractivity contribution in [2.24, 2.45) is 0 Å². The zero-order valence-corrected chi connectivity index (χ0v) is 7.21. The highest BCUT2D eigenvalue weighted by molar-refractivity contribution is 5.87. The molecule has 2 nitrogen and oxygen atoms in total. The van der Waals surface area contributed by atoms with Crippen LogP contribution >= 0.6 is 0 Å². The van der Waals surface area contributed by atoms with Crippen LogP contribution in [0.15, 0.2) is 36.0 Å². The van der Waals surface area contributed by atoms with E-state index >= 15 is 0 Å². The van der Waals surface area contributed by atoms with Crippen LogP contribution in [0.3, 0.4) is 0 Å².